The van der Waals surface area contributed by atoms with Crippen LogP contribution in [0.15, 0.2) is 53.2 Å². The van der Waals surface area contributed by atoms with E-state index in [0.717, 1.165) is 10.8 Å². The van der Waals surface area contributed by atoms with Gasteiger partial charge in [-0.3, -0.25) is 24.0 Å². The van der Waals surface area contributed by atoms with E-state index in [-0.39, 0.29) is 5.91 Å². The molecule has 7 rings (SSSR count). The quantitative estimate of drug-likeness (QED) is 0.147. The lowest BCUT2D eigenvalue weighted by atomic mass is 9.95. The summed E-state index contributed by atoms with van der Waals surface area (Å²) in [5, 5.41) is 37.5. The lowest BCUT2D eigenvalue weighted by molar-refractivity contribution is -0.161. The molecule has 18 heteroatoms. The number of nitrogens with zero attached hydrogens (tertiary/aromatic N) is 2. The Labute approximate surface area is 321 Å². The number of thioether (sulfide) groups is 2. The molecular formula is C36H38N4O11S3. The van der Waals surface area contributed by atoms with Gasteiger partial charge in [0.2, 0.25) is 17.7 Å². The molecule has 2 aromatic carbocycles. The molecule has 0 bridgehead atoms. The van der Waals surface area contributed by atoms with Crippen LogP contribution in [0.5, 0.6) is 5.75 Å². The summed E-state index contributed by atoms with van der Waals surface area (Å²) in [6.45, 7) is 9.31. The third-order valence-electron chi connectivity index (χ3n) is 9.74. The standard InChI is InChI=1S/C21H22N2O5S.C15H16N2O6S2/c1-4-28-13-10-9-11-7-5-6-8-12(11)14(13)17(24)22-15-18(25)23-16(20(26)27)21(2,3)29-19(15)23;1-15(2)9(14(22)23)17-11(19)8(12(17)25-15)16-10(18)7(13(20)21)6-3-4-24-5-6/h5-10,15-16,19H,4H2,1-3H3,(H,22,24)(H,26,27);3-5,7-9,12H,1-2H3,(H,16,18)(H,20,21)(H,22,23)/t15-,16+,19-;7-,8-,9+,12-/m11/s1. The van der Waals surface area contributed by atoms with Crippen molar-refractivity contribution in [2.75, 3.05) is 6.61 Å². The molecule has 0 saturated carbocycles. The molecule has 5 N–H and O–H groups in total. The van der Waals surface area contributed by atoms with Crippen LogP contribution in [0.4, 0.5) is 0 Å². The molecule has 4 fully saturated rings. The molecular weight excluding hydrogens is 761 g/mol. The van der Waals surface area contributed by atoms with Crippen molar-refractivity contribution >= 4 is 87.2 Å². The Bertz CT molecular complexity index is 2060. The Morgan fingerprint density at radius 3 is 1.87 bits per heavy atom. The SMILES string of the molecule is CC1(C)S[C@@H]2[C@H](NC(=O)[C@H](C(=O)O)c3ccsc3)C(=O)N2[C@H]1C(=O)O.CCOc1ccc2ccccc2c1C(=O)N[C@@H]1C(=O)N2[C@@H]1SC(C)(C)[C@@H]2C(=O)O. The minimum Gasteiger partial charge on any atom is -0.493 e. The van der Waals surface area contributed by atoms with Gasteiger partial charge in [-0.15, -0.1) is 23.5 Å². The number of thiophene rings is 1. The Morgan fingerprint density at radius 2 is 1.37 bits per heavy atom. The van der Waals surface area contributed by atoms with Gasteiger partial charge in [-0.1, -0.05) is 30.3 Å². The second kappa shape index (κ2) is 14.4. The van der Waals surface area contributed by atoms with Gasteiger partial charge in [-0.25, -0.2) is 9.59 Å². The average Bonchev–Trinajstić information content (AvgIpc) is 3.78. The second-order valence-electron chi connectivity index (χ2n) is 14.1. The first-order chi connectivity index (χ1) is 25.4. The van der Waals surface area contributed by atoms with E-state index in [4.69, 9.17) is 4.74 Å². The fourth-order valence-corrected chi connectivity index (χ4v) is 11.3. The smallest absolute Gasteiger partial charge is 0.327 e. The lowest BCUT2D eigenvalue weighted by Gasteiger charge is -2.43. The highest BCUT2D eigenvalue weighted by Gasteiger charge is 2.65. The number of benzene rings is 2. The van der Waals surface area contributed by atoms with E-state index in [1.54, 1.807) is 50.6 Å². The van der Waals surface area contributed by atoms with Crippen molar-refractivity contribution in [1.29, 1.82) is 0 Å². The molecule has 3 aromatic rings. The number of hydrogen-bond donors (Lipinski definition) is 5. The first-order valence-corrected chi connectivity index (χ1v) is 19.6. The van der Waals surface area contributed by atoms with Crippen molar-refractivity contribution in [2.45, 2.75) is 84.9 Å². The molecule has 4 aliphatic heterocycles. The number of rotatable bonds is 10. The second-order valence-corrected chi connectivity index (χ2v) is 18.4. The first kappa shape index (κ1) is 38.9. The normalized spacial score (nSPS) is 26.2. The number of ether oxygens (including phenoxy) is 1. The minimum atomic E-state index is -1.40. The molecule has 0 spiro atoms. The number of β-lactam (4-membered cyclic amide) rings is 2. The molecule has 5 heterocycles. The van der Waals surface area contributed by atoms with E-state index >= 15 is 0 Å². The topological polar surface area (TPSA) is 220 Å². The Balaban J connectivity index is 0.000000186. The summed E-state index contributed by atoms with van der Waals surface area (Å²) in [5.41, 5.74) is 0.731. The van der Waals surface area contributed by atoms with E-state index in [2.05, 4.69) is 10.6 Å². The van der Waals surface area contributed by atoms with Crippen molar-refractivity contribution in [3.63, 3.8) is 0 Å². The Morgan fingerprint density at radius 1 is 0.815 bits per heavy atom. The molecule has 0 aliphatic carbocycles. The van der Waals surface area contributed by atoms with Gasteiger partial charge in [0.1, 0.15) is 40.7 Å². The van der Waals surface area contributed by atoms with Gasteiger partial charge in [0.25, 0.3) is 5.91 Å². The van der Waals surface area contributed by atoms with Crippen LogP contribution in [0.3, 0.4) is 0 Å². The van der Waals surface area contributed by atoms with Gasteiger partial charge in [-0.05, 0) is 73.8 Å². The van der Waals surface area contributed by atoms with Crippen LogP contribution in [0.25, 0.3) is 10.8 Å². The van der Waals surface area contributed by atoms with Crippen LogP contribution in [0.2, 0.25) is 0 Å². The zero-order chi connectivity index (χ0) is 39.4. The van der Waals surface area contributed by atoms with Crippen LogP contribution < -0.4 is 15.4 Å². The van der Waals surface area contributed by atoms with Gasteiger partial charge in [0.05, 0.1) is 12.2 Å². The van der Waals surface area contributed by atoms with E-state index < -0.39 is 86.0 Å². The molecule has 0 radical (unpaired) electrons. The number of carbonyl (C=O) groups is 7. The highest BCUT2D eigenvalue weighted by molar-refractivity contribution is 8.02. The van der Waals surface area contributed by atoms with Gasteiger partial charge >= 0.3 is 17.9 Å². The molecule has 4 saturated heterocycles. The number of aliphatic carboxylic acids is 3. The summed E-state index contributed by atoms with van der Waals surface area (Å²) in [6.07, 6.45) is 0. The summed E-state index contributed by atoms with van der Waals surface area (Å²) < 4.78 is 4.31. The van der Waals surface area contributed by atoms with Crippen molar-refractivity contribution in [3.8, 4) is 5.75 Å². The van der Waals surface area contributed by atoms with E-state index in [1.807, 2.05) is 37.3 Å². The number of amides is 4. The number of nitrogens with one attached hydrogen (secondary N) is 2. The third kappa shape index (κ3) is 6.63. The molecule has 0 unspecified atom stereocenters. The van der Waals surface area contributed by atoms with Crippen molar-refractivity contribution in [1.82, 2.24) is 20.4 Å². The van der Waals surface area contributed by atoms with Crippen molar-refractivity contribution in [2.24, 2.45) is 0 Å². The van der Waals surface area contributed by atoms with Crippen LogP contribution in [-0.2, 0) is 28.8 Å². The number of carboxylic acid groups (broad SMARTS) is 3. The van der Waals surface area contributed by atoms with E-state index in [9.17, 15) is 48.9 Å². The summed E-state index contributed by atoms with van der Waals surface area (Å²) in [6, 6.07) is 9.12. The monoisotopic (exact) mass is 798 g/mol. The fourth-order valence-electron chi connectivity index (χ4n) is 7.35. The number of carboxylic acids is 3. The van der Waals surface area contributed by atoms with Crippen LogP contribution >= 0.6 is 34.9 Å². The number of hydrogen-bond acceptors (Lipinski definition) is 11. The lowest BCUT2D eigenvalue weighted by Crippen LogP contribution is -2.71. The molecule has 4 aliphatic rings. The molecule has 7 atom stereocenters. The van der Waals surface area contributed by atoms with Crippen molar-refractivity contribution in [3.05, 3.63) is 64.4 Å². The van der Waals surface area contributed by atoms with Gasteiger partial charge < -0.3 is 40.5 Å². The predicted octanol–water partition coefficient (Wildman–Crippen LogP) is 3.03. The van der Waals surface area contributed by atoms with Crippen LogP contribution in [-0.4, -0.2) is 118 Å². The molecule has 15 nitrogen and oxygen atoms in total. The van der Waals surface area contributed by atoms with E-state index in [1.165, 1.54) is 44.7 Å². The number of fused-ring (bicyclic) bond motifs is 3. The zero-order valence-electron chi connectivity index (χ0n) is 29.7. The van der Waals surface area contributed by atoms with Gasteiger partial charge in [0, 0.05) is 9.49 Å². The van der Waals surface area contributed by atoms with Crippen LogP contribution in [0, 0.1) is 0 Å². The molecule has 286 valence electrons. The molecule has 4 amide bonds. The first-order valence-electron chi connectivity index (χ1n) is 16.9. The van der Waals surface area contributed by atoms with Crippen LogP contribution in [0.1, 0.15) is 56.5 Å². The summed E-state index contributed by atoms with van der Waals surface area (Å²) >= 11 is 3.96. The predicted molar refractivity (Wildman–Crippen MR) is 200 cm³/mol. The third-order valence-corrected chi connectivity index (χ3v) is 13.6. The van der Waals surface area contributed by atoms with Gasteiger partial charge in [0.15, 0.2) is 5.92 Å². The summed E-state index contributed by atoms with van der Waals surface area (Å²) in [7, 11) is 0. The average molecular weight is 799 g/mol. The van der Waals surface area contributed by atoms with Crippen molar-refractivity contribution < 1.29 is 53.6 Å². The zero-order valence-corrected chi connectivity index (χ0v) is 32.1. The summed E-state index contributed by atoms with van der Waals surface area (Å²) in [5.74, 6) is -6.43. The maximum Gasteiger partial charge on any atom is 0.327 e. The Hall–Kier alpha value is -4.81. The van der Waals surface area contributed by atoms with E-state index in [0.29, 0.717) is 23.5 Å². The number of carbonyl (C=O) groups excluding carboxylic acids is 4. The highest BCUT2D eigenvalue weighted by atomic mass is 32.2. The Kier molecular flexibility index (Phi) is 10.4. The largest absolute Gasteiger partial charge is 0.493 e. The molecule has 1 aromatic heterocycles. The minimum absolute atomic E-state index is 0.349. The molecule has 54 heavy (non-hydrogen) atoms. The highest BCUT2D eigenvalue weighted by Crippen LogP contribution is 2.52. The fraction of sp³-hybridized carbons (Fsp3) is 0.417. The maximum absolute atomic E-state index is 13.2. The van der Waals surface area contributed by atoms with Gasteiger partial charge in [-0.2, -0.15) is 11.3 Å². The summed E-state index contributed by atoms with van der Waals surface area (Å²) in [4.78, 5) is 87.8. The maximum atomic E-state index is 13.2.